The number of hydrogen-bond acceptors (Lipinski definition) is 4. The minimum atomic E-state index is -3.34. The lowest BCUT2D eigenvalue weighted by Gasteiger charge is -2.18. The zero-order valence-corrected chi connectivity index (χ0v) is 16.3. The fraction of sp³-hybridized carbons (Fsp3) is 0.556. The van der Waals surface area contributed by atoms with Crippen LogP contribution in [0.2, 0.25) is 0 Å². The number of carbonyl (C=O) groups excluding carboxylic acids is 1. The van der Waals surface area contributed by atoms with Crippen molar-refractivity contribution in [1.82, 2.24) is 15.5 Å². The predicted octanol–water partition coefficient (Wildman–Crippen LogP) is 1.03. The molecule has 0 saturated carbocycles. The third-order valence-corrected chi connectivity index (χ3v) is 5.97. The average Bonchev–Trinajstić information content (AvgIpc) is 3.10. The summed E-state index contributed by atoms with van der Waals surface area (Å²) >= 11 is 0. The van der Waals surface area contributed by atoms with E-state index in [1.807, 2.05) is 18.7 Å². The van der Waals surface area contributed by atoms with Crippen LogP contribution in [0.25, 0.3) is 0 Å². The third-order valence-electron chi connectivity index (χ3n) is 4.26. The molecular weight excluding hydrogens is 352 g/mol. The van der Waals surface area contributed by atoms with Gasteiger partial charge in [0.25, 0.3) is 0 Å². The second-order valence-corrected chi connectivity index (χ2v) is 8.32. The molecule has 144 valence electrons. The van der Waals surface area contributed by atoms with Gasteiger partial charge < -0.3 is 15.5 Å². The molecule has 1 aliphatic heterocycles. The maximum absolute atomic E-state index is 12.3. The first-order valence-electron chi connectivity index (χ1n) is 9.06. The lowest BCUT2D eigenvalue weighted by atomic mass is 10.3. The average molecular weight is 381 g/mol. The first-order chi connectivity index (χ1) is 12.5. The smallest absolute Gasteiger partial charge is 0.222 e. The predicted molar refractivity (Wildman–Crippen MR) is 103 cm³/mol. The van der Waals surface area contributed by atoms with Gasteiger partial charge in [0.1, 0.15) is 0 Å². The van der Waals surface area contributed by atoms with Crippen molar-refractivity contribution in [2.45, 2.75) is 37.6 Å². The van der Waals surface area contributed by atoms with Crippen LogP contribution < -0.4 is 10.6 Å². The van der Waals surface area contributed by atoms with Crippen molar-refractivity contribution in [1.29, 1.82) is 0 Å². The van der Waals surface area contributed by atoms with Crippen LogP contribution >= 0.6 is 0 Å². The topological polar surface area (TPSA) is 90.9 Å². The number of rotatable bonds is 7. The number of hydrogen-bond donors (Lipinski definition) is 2. The summed E-state index contributed by atoms with van der Waals surface area (Å²) in [5.41, 5.74) is 0. The van der Waals surface area contributed by atoms with Crippen LogP contribution in [0, 0.1) is 0 Å². The van der Waals surface area contributed by atoms with E-state index in [9.17, 15) is 13.2 Å². The van der Waals surface area contributed by atoms with Gasteiger partial charge in [0.15, 0.2) is 15.8 Å². The standard InChI is InChI=1S/C18H28N4O3S/c1-3-17(23)22-12-10-15(14-22)21-18(19-4-2)20-11-13-26(24,25)16-8-6-5-7-9-16/h5-9,15H,3-4,10-14H2,1-2H3,(H2,19,20,21). The quantitative estimate of drug-likeness (QED) is 0.545. The van der Waals surface area contributed by atoms with E-state index in [1.165, 1.54) is 0 Å². The maximum Gasteiger partial charge on any atom is 0.222 e. The zero-order valence-electron chi connectivity index (χ0n) is 15.4. The van der Waals surface area contributed by atoms with Crippen LogP contribution in [0.3, 0.4) is 0 Å². The number of guanidine groups is 1. The van der Waals surface area contributed by atoms with Gasteiger partial charge in [0.05, 0.1) is 17.2 Å². The lowest BCUT2D eigenvalue weighted by molar-refractivity contribution is -0.129. The molecule has 1 aromatic carbocycles. The Hall–Kier alpha value is -2.09. The highest BCUT2D eigenvalue weighted by Gasteiger charge is 2.25. The Kier molecular flexibility index (Phi) is 7.44. The molecule has 1 aliphatic rings. The molecule has 1 heterocycles. The van der Waals surface area contributed by atoms with Crippen molar-refractivity contribution in [2.24, 2.45) is 4.99 Å². The van der Waals surface area contributed by atoms with Gasteiger partial charge in [-0.2, -0.15) is 0 Å². The second kappa shape index (κ2) is 9.56. The Morgan fingerprint density at radius 1 is 1.27 bits per heavy atom. The molecule has 1 saturated heterocycles. The number of likely N-dealkylation sites (tertiary alicyclic amines) is 1. The molecule has 1 fully saturated rings. The number of benzene rings is 1. The van der Waals surface area contributed by atoms with Gasteiger partial charge in [-0.15, -0.1) is 0 Å². The second-order valence-electron chi connectivity index (χ2n) is 6.22. The first-order valence-corrected chi connectivity index (χ1v) is 10.7. The molecule has 7 nitrogen and oxygen atoms in total. The van der Waals surface area contributed by atoms with Gasteiger partial charge in [-0.3, -0.25) is 9.79 Å². The van der Waals surface area contributed by atoms with Gasteiger partial charge >= 0.3 is 0 Å². The lowest BCUT2D eigenvalue weighted by Crippen LogP contribution is -2.45. The Balaban J connectivity index is 1.92. The van der Waals surface area contributed by atoms with Crippen molar-refractivity contribution >= 4 is 21.7 Å². The molecule has 2 rings (SSSR count). The minimum Gasteiger partial charge on any atom is -0.357 e. The number of sulfone groups is 1. The van der Waals surface area contributed by atoms with Crippen LogP contribution in [0.15, 0.2) is 40.2 Å². The SMILES string of the molecule is CCNC(=NCCS(=O)(=O)c1ccccc1)NC1CCN(C(=O)CC)C1. The Morgan fingerprint density at radius 2 is 2.00 bits per heavy atom. The monoisotopic (exact) mass is 380 g/mol. The summed E-state index contributed by atoms with van der Waals surface area (Å²) < 4.78 is 24.6. The molecule has 0 radical (unpaired) electrons. The largest absolute Gasteiger partial charge is 0.357 e. The van der Waals surface area contributed by atoms with Gasteiger partial charge in [-0.25, -0.2) is 8.42 Å². The summed E-state index contributed by atoms with van der Waals surface area (Å²) in [5, 5.41) is 6.44. The van der Waals surface area contributed by atoms with E-state index in [2.05, 4.69) is 15.6 Å². The van der Waals surface area contributed by atoms with Crippen molar-refractivity contribution < 1.29 is 13.2 Å². The summed E-state index contributed by atoms with van der Waals surface area (Å²) in [5.74, 6) is 0.704. The minimum absolute atomic E-state index is 0.0430. The highest BCUT2D eigenvalue weighted by atomic mass is 32.2. The molecule has 0 aromatic heterocycles. The molecule has 1 aromatic rings. The molecule has 0 spiro atoms. The van der Waals surface area contributed by atoms with Crippen molar-refractivity contribution in [3.8, 4) is 0 Å². The maximum atomic E-state index is 12.3. The summed E-state index contributed by atoms with van der Waals surface area (Å²) in [6.45, 7) is 6.07. The summed E-state index contributed by atoms with van der Waals surface area (Å²) in [6.07, 6.45) is 1.37. The molecular formula is C18H28N4O3S. The summed E-state index contributed by atoms with van der Waals surface area (Å²) in [7, 11) is -3.34. The van der Waals surface area contributed by atoms with E-state index in [4.69, 9.17) is 0 Å². The van der Waals surface area contributed by atoms with E-state index < -0.39 is 9.84 Å². The molecule has 2 N–H and O–H groups in total. The molecule has 1 amide bonds. The molecule has 0 bridgehead atoms. The van der Waals surface area contributed by atoms with Crippen LogP contribution in [0.1, 0.15) is 26.7 Å². The van der Waals surface area contributed by atoms with Crippen molar-refractivity contribution in [3.63, 3.8) is 0 Å². The Morgan fingerprint density at radius 3 is 2.65 bits per heavy atom. The van der Waals surface area contributed by atoms with E-state index in [1.54, 1.807) is 30.3 Å². The van der Waals surface area contributed by atoms with E-state index >= 15 is 0 Å². The van der Waals surface area contributed by atoms with Gasteiger partial charge in [-0.05, 0) is 25.5 Å². The Labute approximate surface area is 155 Å². The van der Waals surface area contributed by atoms with Crippen molar-refractivity contribution in [2.75, 3.05) is 31.9 Å². The number of nitrogens with one attached hydrogen (secondary N) is 2. The summed E-state index contributed by atoms with van der Waals surface area (Å²) in [4.78, 5) is 18.3. The number of aliphatic imine (C=N–C) groups is 1. The van der Waals surface area contributed by atoms with Crippen LogP contribution in [0.5, 0.6) is 0 Å². The molecule has 1 unspecified atom stereocenters. The highest BCUT2D eigenvalue weighted by Crippen LogP contribution is 2.11. The third kappa shape index (κ3) is 5.72. The van der Waals surface area contributed by atoms with Crippen LogP contribution in [-0.4, -0.2) is 63.2 Å². The van der Waals surface area contributed by atoms with Gasteiger partial charge in [-0.1, -0.05) is 25.1 Å². The number of carbonyl (C=O) groups is 1. The summed E-state index contributed by atoms with van der Waals surface area (Å²) in [6, 6.07) is 8.55. The molecule has 8 heteroatoms. The first kappa shape index (κ1) is 20.2. The molecule has 1 atom stereocenters. The van der Waals surface area contributed by atoms with Crippen LogP contribution in [0.4, 0.5) is 0 Å². The van der Waals surface area contributed by atoms with Crippen molar-refractivity contribution in [3.05, 3.63) is 30.3 Å². The van der Waals surface area contributed by atoms with E-state index in [-0.39, 0.29) is 24.2 Å². The number of nitrogens with zero attached hydrogens (tertiary/aromatic N) is 2. The van der Waals surface area contributed by atoms with E-state index in [0.717, 1.165) is 13.0 Å². The fourth-order valence-electron chi connectivity index (χ4n) is 2.86. The molecule has 0 aliphatic carbocycles. The fourth-order valence-corrected chi connectivity index (χ4v) is 4.00. The number of amides is 1. The van der Waals surface area contributed by atoms with Crippen LogP contribution in [-0.2, 0) is 14.6 Å². The zero-order chi connectivity index (χ0) is 19.0. The molecule has 26 heavy (non-hydrogen) atoms. The van der Waals surface area contributed by atoms with E-state index in [0.29, 0.717) is 30.4 Å². The Bertz CT molecular complexity index is 719. The van der Waals surface area contributed by atoms with Gasteiger partial charge in [0, 0.05) is 32.1 Å². The normalized spacial score (nSPS) is 18.0. The van der Waals surface area contributed by atoms with Gasteiger partial charge in [0.2, 0.25) is 5.91 Å². The highest BCUT2D eigenvalue weighted by molar-refractivity contribution is 7.91.